The fourth-order valence-electron chi connectivity index (χ4n) is 0.800. The van der Waals surface area contributed by atoms with Crippen LogP contribution in [-0.4, -0.2) is 0 Å². The largest absolute Gasteiger partial charge is 0.357 e. The second-order valence-electron chi connectivity index (χ2n) is 2.34. The van der Waals surface area contributed by atoms with Crippen LogP contribution in [0.3, 0.4) is 0 Å². The molecule has 0 atom stereocenters. The maximum Gasteiger partial charge on any atom is 0.357 e. The minimum absolute atomic E-state index is 0.423. The quantitative estimate of drug-likeness (QED) is 0.623. The third kappa shape index (κ3) is 1.96. The molecule has 13 heavy (non-hydrogen) atoms. The van der Waals surface area contributed by atoms with Gasteiger partial charge in [-0.25, -0.2) is 8.78 Å². The minimum atomic E-state index is -3.86. The predicted octanol–water partition coefficient (Wildman–Crippen LogP) is 2.58. The molecule has 1 aromatic rings. The molecule has 68 valence electrons. The Hall–Kier alpha value is -1.57. The van der Waals surface area contributed by atoms with E-state index in [4.69, 9.17) is 5.26 Å². The number of benzene rings is 1. The van der Waals surface area contributed by atoms with Gasteiger partial charge in [-0.1, -0.05) is 0 Å². The normalized spacial score (nSPS) is 11.0. The summed E-state index contributed by atoms with van der Waals surface area (Å²) in [7, 11) is 0. The van der Waals surface area contributed by atoms with Gasteiger partial charge in [0.05, 0.1) is 0 Å². The summed E-state index contributed by atoms with van der Waals surface area (Å²) < 4.78 is 49.9. The average Bonchev–Trinajstić information content (AvgIpc) is 2.02. The second-order valence-corrected chi connectivity index (χ2v) is 2.34. The summed E-state index contributed by atoms with van der Waals surface area (Å²) in [6.07, 6.45) is 0. The van der Waals surface area contributed by atoms with Crippen LogP contribution in [0.2, 0.25) is 0 Å². The zero-order valence-corrected chi connectivity index (χ0v) is 6.19. The topological polar surface area (TPSA) is 23.8 Å². The molecule has 0 bridgehead atoms. The number of halogens is 4. The van der Waals surface area contributed by atoms with Gasteiger partial charge in [-0.3, -0.25) is 0 Å². The zero-order chi connectivity index (χ0) is 10.1. The van der Waals surface area contributed by atoms with Crippen molar-refractivity contribution in [2.75, 3.05) is 0 Å². The summed E-state index contributed by atoms with van der Waals surface area (Å²) in [5.41, 5.74) is -0.979. The third-order valence-electron chi connectivity index (χ3n) is 1.37. The van der Waals surface area contributed by atoms with Crippen molar-refractivity contribution in [2.45, 2.75) is 5.92 Å². The van der Waals surface area contributed by atoms with Crippen LogP contribution < -0.4 is 0 Å². The molecule has 0 fully saturated rings. The molecule has 0 saturated carbocycles. The van der Waals surface area contributed by atoms with Crippen molar-refractivity contribution < 1.29 is 17.6 Å². The maximum absolute atomic E-state index is 12.6. The van der Waals surface area contributed by atoms with Gasteiger partial charge in [0.2, 0.25) is 0 Å². The highest BCUT2D eigenvalue weighted by Crippen LogP contribution is 2.27. The molecule has 0 unspecified atom stereocenters. The van der Waals surface area contributed by atoms with Crippen LogP contribution in [0.5, 0.6) is 0 Å². The minimum Gasteiger partial charge on any atom is -0.207 e. The zero-order valence-electron chi connectivity index (χ0n) is 6.19. The molecule has 0 radical (unpaired) electrons. The summed E-state index contributed by atoms with van der Waals surface area (Å²) in [6, 6.07) is 1.95. The van der Waals surface area contributed by atoms with Gasteiger partial charge in [-0.2, -0.15) is 14.0 Å². The van der Waals surface area contributed by atoms with Crippen LogP contribution >= 0.6 is 0 Å². The SMILES string of the molecule is N#CC(F)(F)c1cc(F)cc(F)c1. The molecule has 0 N–H and O–H groups in total. The molecule has 0 saturated heterocycles. The van der Waals surface area contributed by atoms with Gasteiger partial charge >= 0.3 is 5.92 Å². The van der Waals surface area contributed by atoms with Crippen LogP contribution in [0.25, 0.3) is 0 Å². The van der Waals surface area contributed by atoms with Crippen molar-refractivity contribution in [1.82, 2.24) is 0 Å². The Morgan fingerprint density at radius 2 is 1.54 bits per heavy atom. The molecule has 0 aliphatic rings. The van der Waals surface area contributed by atoms with Gasteiger partial charge in [0.15, 0.2) is 0 Å². The third-order valence-corrected chi connectivity index (χ3v) is 1.37. The average molecular weight is 189 g/mol. The smallest absolute Gasteiger partial charge is 0.207 e. The summed E-state index contributed by atoms with van der Waals surface area (Å²) in [5, 5.41) is 7.98. The van der Waals surface area contributed by atoms with Crippen molar-refractivity contribution in [3.8, 4) is 6.07 Å². The molecular weight excluding hydrogens is 186 g/mol. The van der Waals surface area contributed by atoms with Crippen LogP contribution in [0.1, 0.15) is 5.56 Å². The van der Waals surface area contributed by atoms with Crippen molar-refractivity contribution >= 4 is 0 Å². The maximum atomic E-state index is 12.6. The second kappa shape index (κ2) is 3.05. The number of rotatable bonds is 1. The first kappa shape index (κ1) is 9.52. The van der Waals surface area contributed by atoms with Gasteiger partial charge in [0.25, 0.3) is 0 Å². The van der Waals surface area contributed by atoms with Crippen LogP contribution in [0.15, 0.2) is 18.2 Å². The van der Waals surface area contributed by atoms with Gasteiger partial charge < -0.3 is 0 Å². The number of hydrogen-bond donors (Lipinski definition) is 0. The van der Waals surface area contributed by atoms with Gasteiger partial charge in [-0.15, -0.1) is 0 Å². The molecule has 1 rings (SSSR count). The van der Waals surface area contributed by atoms with Crippen molar-refractivity contribution in [3.05, 3.63) is 35.4 Å². The van der Waals surface area contributed by atoms with E-state index < -0.39 is 23.1 Å². The summed E-state index contributed by atoms with van der Waals surface area (Å²) in [6.45, 7) is 0. The lowest BCUT2D eigenvalue weighted by Crippen LogP contribution is -2.10. The van der Waals surface area contributed by atoms with E-state index in [2.05, 4.69) is 0 Å². The van der Waals surface area contributed by atoms with E-state index in [9.17, 15) is 17.6 Å². The molecule has 0 heterocycles. The van der Waals surface area contributed by atoms with E-state index in [-0.39, 0.29) is 0 Å². The van der Waals surface area contributed by atoms with E-state index in [1.165, 1.54) is 0 Å². The highest BCUT2D eigenvalue weighted by Gasteiger charge is 2.32. The first-order valence-electron chi connectivity index (χ1n) is 3.21. The molecule has 1 aromatic carbocycles. The lowest BCUT2D eigenvalue weighted by molar-refractivity contribution is 0.0605. The molecule has 0 spiro atoms. The summed E-state index contributed by atoms with van der Waals surface area (Å²) >= 11 is 0. The number of nitrogens with zero attached hydrogens (tertiary/aromatic N) is 1. The molecule has 0 amide bonds. The Kier molecular flexibility index (Phi) is 2.24. The standard InChI is InChI=1S/C8H3F4N/c9-6-1-5(2-7(10)3-6)8(11,12)4-13/h1-3H. The van der Waals surface area contributed by atoms with Crippen molar-refractivity contribution in [1.29, 1.82) is 5.26 Å². The molecular formula is C8H3F4N. The molecule has 0 aliphatic heterocycles. The van der Waals surface area contributed by atoms with Gasteiger partial charge in [-0.05, 0) is 12.1 Å². The highest BCUT2D eigenvalue weighted by atomic mass is 19.3. The monoisotopic (exact) mass is 189 g/mol. The molecule has 0 aliphatic carbocycles. The predicted molar refractivity (Wildman–Crippen MR) is 35.9 cm³/mol. The first-order valence-corrected chi connectivity index (χ1v) is 3.21. The number of nitriles is 1. The van der Waals surface area contributed by atoms with E-state index in [0.717, 1.165) is 0 Å². The fourth-order valence-corrected chi connectivity index (χ4v) is 0.800. The lowest BCUT2D eigenvalue weighted by Gasteiger charge is -2.07. The van der Waals surface area contributed by atoms with E-state index in [1.807, 2.05) is 0 Å². The molecule has 5 heteroatoms. The Labute approximate surface area is 71.2 Å². The van der Waals surface area contributed by atoms with Crippen LogP contribution in [-0.2, 0) is 5.92 Å². The highest BCUT2D eigenvalue weighted by molar-refractivity contribution is 5.26. The Bertz CT molecular complexity index is 347. The van der Waals surface area contributed by atoms with Gasteiger partial charge in [0.1, 0.15) is 17.7 Å². The lowest BCUT2D eigenvalue weighted by atomic mass is 10.1. The van der Waals surface area contributed by atoms with Crippen LogP contribution in [0.4, 0.5) is 17.6 Å². The van der Waals surface area contributed by atoms with Crippen LogP contribution in [0, 0.1) is 23.0 Å². The number of hydrogen-bond acceptors (Lipinski definition) is 1. The van der Waals surface area contributed by atoms with Crippen molar-refractivity contribution in [3.63, 3.8) is 0 Å². The Morgan fingerprint density at radius 3 is 1.92 bits per heavy atom. The molecule has 1 nitrogen and oxygen atoms in total. The van der Waals surface area contributed by atoms with E-state index in [0.29, 0.717) is 24.3 Å². The first-order chi connectivity index (χ1) is 5.95. The fraction of sp³-hybridized carbons (Fsp3) is 0.125. The van der Waals surface area contributed by atoms with Crippen molar-refractivity contribution in [2.24, 2.45) is 0 Å². The van der Waals surface area contributed by atoms with E-state index >= 15 is 0 Å². The summed E-state index contributed by atoms with van der Waals surface area (Å²) in [4.78, 5) is 0. The Morgan fingerprint density at radius 1 is 1.08 bits per heavy atom. The summed E-state index contributed by atoms with van der Waals surface area (Å²) in [5.74, 6) is -6.13. The van der Waals surface area contributed by atoms with Gasteiger partial charge in [0, 0.05) is 11.6 Å². The number of alkyl halides is 2. The van der Waals surface area contributed by atoms with E-state index in [1.54, 1.807) is 0 Å². The Balaban J connectivity index is 3.25. The molecule has 0 aromatic heterocycles.